The zero-order chi connectivity index (χ0) is 12.9. The number of aliphatic hydroxyl groups is 1. The Morgan fingerprint density at radius 3 is 1.88 bits per heavy atom. The molecule has 0 aliphatic carbocycles. The molecule has 94 valence electrons. The van der Waals surface area contributed by atoms with Crippen molar-refractivity contribution in [3.05, 3.63) is 0 Å². The summed E-state index contributed by atoms with van der Waals surface area (Å²) >= 11 is 0. The van der Waals surface area contributed by atoms with Gasteiger partial charge in [-0.3, -0.25) is 14.2 Å². The fourth-order valence-corrected chi connectivity index (χ4v) is 2.31. The number of rotatable bonds is 7. The van der Waals surface area contributed by atoms with Crippen LogP contribution in [0.1, 0.15) is 12.8 Å². The summed E-state index contributed by atoms with van der Waals surface area (Å²) in [7, 11) is -5.04. The fraction of sp³-hybridized carbons (Fsp3) is 0.714. The average molecular weight is 256 g/mol. The molecule has 0 aliphatic heterocycles. The van der Waals surface area contributed by atoms with Crippen LogP contribution in [0.2, 0.25) is 0 Å². The van der Waals surface area contributed by atoms with Crippen molar-refractivity contribution in [3.63, 3.8) is 0 Å². The molecule has 0 fully saturated rings. The average Bonchev–Trinajstić information content (AvgIpc) is 2.08. The molecule has 0 aromatic heterocycles. The van der Waals surface area contributed by atoms with E-state index in [1.165, 1.54) is 0 Å². The fourth-order valence-electron chi connectivity index (χ4n) is 1.28. The van der Waals surface area contributed by atoms with E-state index in [9.17, 15) is 14.2 Å². The van der Waals surface area contributed by atoms with Crippen LogP contribution in [0.25, 0.3) is 0 Å². The lowest BCUT2D eigenvalue weighted by Crippen LogP contribution is -2.35. The highest BCUT2D eigenvalue weighted by Crippen LogP contribution is 2.46. The summed E-state index contributed by atoms with van der Waals surface area (Å²) < 4.78 is 10.9. The van der Waals surface area contributed by atoms with Gasteiger partial charge in [0.1, 0.15) is 0 Å². The van der Waals surface area contributed by atoms with Gasteiger partial charge in [-0.1, -0.05) is 0 Å². The Labute approximate surface area is 90.7 Å². The highest BCUT2D eigenvalue weighted by molar-refractivity contribution is 7.53. The molecule has 0 aromatic rings. The highest BCUT2D eigenvalue weighted by Gasteiger charge is 2.45. The molecule has 8 nitrogen and oxygen atoms in total. The van der Waals surface area contributed by atoms with Crippen LogP contribution in [0, 0.1) is 5.92 Å². The molecule has 0 saturated heterocycles. The zero-order valence-electron chi connectivity index (χ0n) is 8.18. The smallest absolute Gasteiger partial charge is 0.340 e. The Hall–Kier alpha value is -0.950. The van der Waals surface area contributed by atoms with E-state index in [-0.39, 0.29) is 19.4 Å². The Bertz CT molecular complexity index is 308. The number of carboxylic acids is 2. The predicted octanol–water partition coefficient (Wildman–Crippen LogP) is -0.909. The molecule has 0 spiro atoms. The first-order valence-corrected chi connectivity index (χ1v) is 6.01. The molecule has 0 radical (unpaired) electrons. The molecule has 0 aliphatic rings. The van der Waals surface area contributed by atoms with Crippen molar-refractivity contribution < 1.29 is 39.3 Å². The SMILES string of the molecule is O=C(O)C(CCCO)C(C(=O)O)P(=O)(O)O. The number of hydrogen-bond acceptors (Lipinski definition) is 4. The van der Waals surface area contributed by atoms with E-state index in [2.05, 4.69) is 0 Å². The summed E-state index contributed by atoms with van der Waals surface area (Å²) in [4.78, 5) is 38.9. The summed E-state index contributed by atoms with van der Waals surface area (Å²) in [5, 5.41) is 25.8. The lowest BCUT2D eigenvalue weighted by molar-refractivity contribution is -0.148. The summed E-state index contributed by atoms with van der Waals surface area (Å²) in [6, 6.07) is 0. The van der Waals surface area contributed by atoms with Crippen LogP contribution in [-0.4, -0.2) is 49.3 Å². The molecule has 0 rings (SSSR count). The molecule has 2 atom stereocenters. The number of aliphatic carboxylic acids is 2. The van der Waals surface area contributed by atoms with E-state index in [0.717, 1.165) is 0 Å². The maximum Gasteiger partial charge on any atom is 0.340 e. The number of carboxylic acid groups (broad SMARTS) is 2. The van der Waals surface area contributed by atoms with E-state index >= 15 is 0 Å². The van der Waals surface area contributed by atoms with Gasteiger partial charge in [0, 0.05) is 6.61 Å². The third-order valence-electron chi connectivity index (χ3n) is 1.99. The Balaban J connectivity index is 5.04. The minimum absolute atomic E-state index is 0.0409. The van der Waals surface area contributed by atoms with Crippen LogP contribution in [-0.2, 0) is 14.2 Å². The standard InChI is InChI=1S/C7H13O8P/c8-3-1-2-4(6(9)10)5(7(11)12)16(13,14)15/h4-5,8H,1-3H2,(H,9,10)(H,11,12)(H2,13,14,15). The molecule has 0 amide bonds. The van der Waals surface area contributed by atoms with E-state index in [0.29, 0.717) is 0 Å². The van der Waals surface area contributed by atoms with Crippen LogP contribution in [0.3, 0.4) is 0 Å². The second-order valence-corrected chi connectivity index (χ2v) is 4.92. The zero-order valence-corrected chi connectivity index (χ0v) is 9.08. The third-order valence-corrected chi connectivity index (χ3v) is 3.29. The Morgan fingerprint density at radius 2 is 1.62 bits per heavy atom. The van der Waals surface area contributed by atoms with Crippen molar-refractivity contribution in [2.75, 3.05) is 6.61 Å². The van der Waals surface area contributed by atoms with Gasteiger partial charge < -0.3 is 25.1 Å². The van der Waals surface area contributed by atoms with Crippen molar-refractivity contribution in [2.24, 2.45) is 5.92 Å². The summed E-state index contributed by atoms with van der Waals surface area (Å²) in [5.74, 6) is -5.19. The van der Waals surface area contributed by atoms with Gasteiger partial charge in [0.15, 0.2) is 5.66 Å². The van der Waals surface area contributed by atoms with Gasteiger partial charge in [-0.2, -0.15) is 0 Å². The minimum atomic E-state index is -5.04. The molecular weight excluding hydrogens is 243 g/mol. The lowest BCUT2D eigenvalue weighted by Gasteiger charge is -2.20. The lowest BCUT2D eigenvalue weighted by atomic mass is 9.99. The van der Waals surface area contributed by atoms with Crippen LogP contribution < -0.4 is 0 Å². The Morgan fingerprint density at radius 1 is 1.12 bits per heavy atom. The van der Waals surface area contributed by atoms with Crippen LogP contribution in [0.5, 0.6) is 0 Å². The van der Waals surface area contributed by atoms with Crippen molar-refractivity contribution in [1.82, 2.24) is 0 Å². The molecule has 0 heterocycles. The highest BCUT2D eigenvalue weighted by atomic mass is 31.2. The summed E-state index contributed by atoms with van der Waals surface area (Å²) in [6.45, 7) is -0.378. The van der Waals surface area contributed by atoms with E-state index < -0.39 is 31.1 Å². The maximum atomic E-state index is 10.9. The van der Waals surface area contributed by atoms with E-state index in [1.54, 1.807) is 0 Å². The largest absolute Gasteiger partial charge is 0.481 e. The van der Waals surface area contributed by atoms with Crippen LogP contribution in [0.15, 0.2) is 0 Å². The normalized spacial score (nSPS) is 15.4. The van der Waals surface area contributed by atoms with Crippen LogP contribution in [0.4, 0.5) is 0 Å². The molecule has 0 bridgehead atoms. The van der Waals surface area contributed by atoms with Crippen molar-refractivity contribution >= 4 is 19.5 Å². The second kappa shape index (κ2) is 5.95. The molecule has 0 saturated carbocycles. The molecule has 0 aromatic carbocycles. The molecule has 2 unspecified atom stereocenters. The van der Waals surface area contributed by atoms with Gasteiger partial charge in [0.2, 0.25) is 0 Å². The number of hydrogen-bond donors (Lipinski definition) is 5. The van der Waals surface area contributed by atoms with Gasteiger partial charge in [-0.15, -0.1) is 0 Å². The molecular formula is C7H13O8P. The molecule has 16 heavy (non-hydrogen) atoms. The first-order chi connectivity index (χ1) is 7.21. The van der Waals surface area contributed by atoms with E-state index in [1.807, 2.05) is 0 Å². The van der Waals surface area contributed by atoms with Crippen molar-refractivity contribution in [2.45, 2.75) is 18.5 Å². The third kappa shape index (κ3) is 4.28. The van der Waals surface area contributed by atoms with Crippen molar-refractivity contribution in [1.29, 1.82) is 0 Å². The van der Waals surface area contributed by atoms with Gasteiger partial charge >= 0.3 is 19.5 Å². The quantitative estimate of drug-likeness (QED) is 0.367. The second-order valence-electron chi connectivity index (χ2n) is 3.18. The molecule has 5 N–H and O–H groups in total. The predicted molar refractivity (Wildman–Crippen MR) is 50.9 cm³/mol. The summed E-state index contributed by atoms with van der Waals surface area (Å²) in [5.41, 5.74) is -2.28. The van der Waals surface area contributed by atoms with Gasteiger partial charge in [0.05, 0.1) is 5.92 Å². The monoisotopic (exact) mass is 256 g/mol. The van der Waals surface area contributed by atoms with Gasteiger partial charge in [-0.05, 0) is 12.8 Å². The Kier molecular flexibility index (Phi) is 5.60. The van der Waals surface area contributed by atoms with Crippen molar-refractivity contribution in [3.8, 4) is 0 Å². The van der Waals surface area contributed by atoms with Gasteiger partial charge in [0.25, 0.3) is 0 Å². The topological polar surface area (TPSA) is 152 Å². The molecule has 9 heteroatoms. The summed E-state index contributed by atoms with van der Waals surface area (Å²) in [6.07, 6.45) is -0.353. The maximum absolute atomic E-state index is 10.9. The van der Waals surface area contributed by atoms with Crippen LogP contribution >= 0.6 is 7.60 Å². The minimum Gasteiger partial charge on any atom is -0.481 e. The first kappa shape index (κ1) is 15.0. The number of aliphatic hydroxyl groups excluding tert-OH is 1. The van der Waals surface area contributed by atoms with Gasteiger partial charge in [-0.25, -0.2) is 0 Å². The first-order valence-electron chi connectivity index (χ1n) is 4.33. The number of carbonyl (C=O) groups is 2. The van der Waals surface area contributed by atoms with E-state index in [4.69, 9.17) is 25.1 Å².